The van der Waals surface area contributed by atoms with E-state index in [1.807, 2.05) is 13.8 Å². The second-order valence-electron chi connectivity index (χ2n) is 6.52. The van der Waals surface area contributed by atoms with Gasteiger partial charge >= 0.3 is 6.18 Å². The topological polar surface area (TPSA) is 42.2 Å². The number of hydrogen-bond donors (Lipinski definition) is 0. The highest BCUT2D eigenvalue weighted by Gasteiger charge is 2.32. The van der Waals surface area contributed by atoms with Crippen molar-refractivity contribution in [1.29, 1.82) is 0 Å². The number of rotatable bonds is 6. The highest BCUT2D eigenvalue weighted by atomic mass is 19.4. The fraction of sp³-hybridized carbons (Fsp3) is 0.529. The van der Waals surface area contributed by atoms with Crippen molar-refractivity contribution in [2.45, 2.75) is 57.9 Å². The van der Waals surface area contributed by atoms with E-state index in [1.165, 1.54) is 12.1 Å². The Morgan fingerprint density at radius 1 is 1.12 bits per heavy atom. The molecule has 1 saturated carbocycles. The molecule has 0 spiro atoms. The molecule has 3 rings (SSSR count). The maximum absolute atomic E-state index is 12.6. The van der Waals surface area contributed by atoms with Gasteiger partial charge in [-0.25, -0.2) is 0 Å². The summed E-state index contributed by atoms with van der Waals surface area (Å²) in [6.45, 7) is 5.06. The summed E-state index contributed by atoms with van der Waals surface area (Å²) in [6, 6.07) is 5.76. The smallest absolute Gasteiger partial charge is 0.416 e. The number of hydrogen-bond acceptors (Lipinski definition) is 4. The third kappa shape index (κ3) is 4.14. The first kappa shape index (κ1) is 17.0. The predicted octanol–water partition coefficient (Wildman–Crippen LogP) is 4.38. The first-order valence-electron chi connectivity index (χ1n) is 8.05. The Morgan fingerprint density at radius 3 is 2.29 bits per heavy atom. The van der Waals surface area contributed by atoms with Gasteiger partial charge in [0.05, 0.1) is 12.1 Å². The first-order valence-corrected chi connectivity index (χ1v) is 8.05. The van der Waals surface area contributed by atoms with Gasteiger partial charge in [-0.3, -0.25) is 4.90 Å². The lowest BCUT2D eigenvalue weighted by molar-refractivity contribution is -0.137. The first-order chi connectivity index (χ1) is 11.3. The third-order valence-electron chi connectivity index (χ3n) is 4.04. The summed E-state index contributed by atoms with van der Waals surface area (Å²) < 4.78 is 43.6. The summed E-state index contributed by atoms with van der Waals surface area (Å²) in [5.74, 6) is 1.34. The van der Waals surface area contributed by atoms with Crippen LogP contribution in [0.15, 0.2) is 28.7 Å². The number of aromatic nitrogens is 2. The zero-order valence-corrected chi connectivity index (χ0v) is 13.7. The lowest BCUT2D eigenvalue weighted by Crippen LogP contribution is -2.25. The molecular weight excluding hydrogens is 319 g/mol. The van der Waals surface area contributed by atoms with E-state index in [1.54, 1.807) is 0 Å². The maximum atomic E-state index is 12.6. The van der Waals surface area contributed by atoms with Crippen molar-refractivity contribution in [2.75, 3.05) is 0 Å². The second kappa shape index (κ2) is 6.55. The van der Waals surface area contributed by atoms with Crippen LogP contribution in [0.2, 0.25) is 0 Å². The van der Waals surface area contributed by atoms with Crippen LogP contribution in [-0.2, 0) is 19.3 Å². The minimum atomic E-state index is -4.30. The Kier molecular flexibility index (Phi) is 4.62. The van der Waals surface area contributed by atoms with Crippen LogP contribution >= 0.6 is 0 Å². The SMILES string of the molecule is CC(C)c1nnc(CN(Cc2ccc(C(F)(F)F)cc2)C2CC2)o1. The molecule has 0 N–H and O–H groups in total. The van der Waals surface area contributed by atoms with Crippen molar-refractivity contribution in [2.24, 2.45) is 0 Å². The molecule has 1 aromatic heterocycles. The van der Waals surface area contributed by atoms with Gasteiger partial charge in [-0.15, -0.1) is 10.2 Å². The zero-order valence-electron chi connectivity index (χ0n) is 13.7. The fourth-order valence-corrected chi connectivity index (χ4v) is 2.52. The van der Waals surface area contributed by atoms with Crippen molar-refractivity contribution in [3.8, 4) is 0 Å². The fourth-order valence-electron chi connectivity index (χ4n) is 2.52. The van der Waals surface area contributed by atoms with Crippen LogP contribution in [0.3, 0.4) is 0 Å². The highest BCUT2D eigenvalue weighted by Crippen LogP contribution is 2.32. The Morgan fingerprint density at radius 2 is 1.79 bits per heavy atom. The van der Waals surface area contributed by atoms with Crippen molar-refractivity contribution in [3.63, 3.8) is 0 Å². The molecule has 0 atom stereocenters. The molecule has 0 unspecified atom stereocenters. The molecule has 2 aromatic rings. The van der Waals surface area contributed by atoms with Crippen LogP contribution in [0, 0.1) is 0 Å². The van der Waals surface area contributed by atoms with Gasteiger partial charge in [-0.1, -0.05) is 26.0 Å². The summed E-state index contributed by atoms with van der Waals surface area (Å²) in [4.78, 5) is 2.18. The van der Waals surface area contributed by atoms with Gasteiger partial charge in [0.1, 0.15) is 0 Å². The summed E-state index contributed by atoms with van der Waals surface area (Å²) in [5.41, 5.74) is 0.223. The molecule has 0 radical (unpaired) electrons. The zero-order chi connectivity index (χ0) is 17.3. The standard InChI is InChI=1S/C17H20F3N3O/c1-11(2)16-22-21-15(24-16)10-23(14-7-8-14)9-12-3-5-13(6-4-12)17(18,19)20/h3-6,11,14H,7-10H2,1-2H3. The van der Waals surface area contributed by atoms with E-state index < -0.39 is 11.7 Å². The lowest BCUT2D eigenvalue weighted by Gasteiger charge is -2.20. The molecule has 1 fully saturated rings. The van der Waals surface area contributed by atoms with Crippen molar-refractivity contribution in [3.05, 3.63) is 47.2 Å². The van der Waals surface area contributed by atoms with E-state index in [0.29, 0.717) is 30.9 Å². The van der Waals surface area contributed by atoms with Crippen molar-refractivity contribution >= 4 is 0 Å². The molecule has 0 bridgehead atoms. The average molecular weight is 339 g/mol. The van der Waals surface area contributed by atoms with E-state index >= 15 is 0 Å². The Bertz CT molecular complexity index is 675. The van der Waals surface area contributed by atoms with Crippen molar-refractivity contribution < 1.29 is 17.6 Å². The minimum absolute atomic E-state index is 0.176. The van der Waals surface area contributed by atoms with Gasteiger partial charge < -0.3 is 4.42 Å². The summed E-state index contributed by atoms with van der Waals surface area (Å²) in [6.07, 6.45) is -2.12. The van der Waals surface area contributed by atoms with Crippen LogP contribution in [0.5, 0.6) is 0 Å². The Balaban J connectivity index is 1.68. The Labute approximate surface area is 138 Å². The quantitative estimate of drug-likeness (QED) is 0.783. The van der Waals surface area contributed by atoms with E-state index in [-0.39, 0.29) is 5.92 Å². The number of benzene rings is 1. The summed E-state index contributed by atoms with van der Waals surface area (Å²) in [7, 11) is 0. The Hall–Kier alpha value is -1.89. The average Bonchev–Trinajstić information content (AvgIpc) is 3.25. The minimum Gasteiger partial charge on any atom is -0.424 e. The van der Waals surface area contributed by atoms with E-state index in [0.717, 1.165) is 30.5 Å². The van der Waals surface area contributed by atoms with Gasteiger partial charge in [0, 0.05) is 18.5 Å². The molecular formula is C17H20F3N3O. The number of halogens is 3. The summed E-state index contributed by atoms with van der Waals surface area (Å²) in [5, 5.41) is 8.09. The van der Waals surface area contributed by atoms with Gasteiger partial charge in [0.25, 0.3) is 0 Å². The largest absolute Gasteiger partial charge is 0.424 e. The molecule has 0 amide bonds. The van der Waals surface area contributed by atoms with E-state index in [2.05, 4.69) is 15.1 Å². The van der Waals surface area contributed by atoms with Crippen LogP contribution in [0.4, 0.5) is 13.2 Å². The second-order valence-corrected chi connectivity index (χ2v) is 6.52. The molecule has 1 heterocycles. The van der Waals surface area contributed by atoms with Crippen LogP contribution in [-0.4, -0.2) is 21.1 Å². The molecule has 130 valence electrons. The highest BCUT2D eigenvalue weighted by molar-refractivity contribution is 5.24. The molecule has 24 heavy (non-hydrogen) atoms. The van der Waals surface area contributed by atoms with Crippen molar-refractivity contribution in [1.82, 2.24) is 15.1 Å². The van der Waals surface area contributed by atoms with Crippen LogP contribution < -0.4 is 0 Å². The van der Waals surface area contributed by atoms with Gasteiger partial charge in [0.15, 0.2) is 0 Å². The van der Waals surface area contributed by atoms with Gasteiger partial charge in [-0.05, 0) is 30.5 Å². The molecule has 1 aliphatic rings. The van der Waals surface area contributed by atoms with E-state index in [9.17, 15) is 13.2 Å². The molecule has 1 aromatic carbocycles. The monoisotopic (exact) mass is 339 g/mol. The number of alkyl halides is 3. The predicted molar refractivity (Wildman–Crippen MR) is 82.1 cm³/mol. The molecule has 4 nitrogen and oxygen atoms in total. The van der Waals surface area contributed by atoms with Crippen LogP contribution in [0.1, 0.15) is 55.5 Å². The molecule has 1 aliphatic carbocycles. The van der Waals surface area contributed by atoms with Gasteiger partial charge in [-0.2, -0.15) is 13.2 Å². The molecule has 0 saturated heterocycles. The molecule has 0 aliphatic heterocycles. The maximum Gasteiger partial charge on any atom is 0.416 e. The van der Waals surface area contributed by atoms with Gasteiger partial charge in [0.2, 0.25) is 11.8 Å². The summed E-state index contributed by atoms with van der Waals surface area (Å²) >= 11 is 0. The van der Waals surface area contributed by atoms with E-state index in [4.69, 9.17) is 4.42 Å². The normalized spacial score (nSPS) is 15.5. The lowest BCUT2D eigenvalue weighted by atomic mass is 10.1. The number of nitrogens with zero attached hydrogens (tertiary/aromatic N) is 3. The van der Waals surface area contributed by atoms with Crippen LogP contribution in [0.25, 0.3) is 0 Å². The molecule has 7 heteroatoms. The third-order valence-corrected chi connectivity index (χ3v) is 4.04.